The largest absolute Gasteiger partial charge is 0.456 e. The molecule has 0 aliphatic carbocycles. The first-order valence-corrected chi connectivity index (χ1v) is 10.3. The molecule has 0 spiro atoms. The minimum absolute atomic E-state index is 0.0505. The van der Waals surface area contributed by atoms with Gasteiger partial charge in [0.25, 0.3) is 5.91 Å². The number of aromatic nitrogens is 1. The molecule has 4 rings (SSSR count). The Morgan fingerprint density at radius 3 is 2.34 bits per heavy atom. The van der Waals surface area contributed by atoms with E-state index in [-0.39, 0.29) is 10.9 Å². The third kappa shape index (κ3) is 4.50. The van der Waals surface area contributed by atoms with Gasteiger partial charge in [0.2, 0.25) is 0 Å². The van der Waals surface area contributed by atoms with Gasteiger partial charge in [-0.2, -0.15) is 0 Å². The number of para-hydroxylation sites is 1. The molecule has 2 heterocycles. The van der Waals surface area contributed by atoms with Crippen molar-refractivity contribution in [2.75, 3.05) is 0 Å². The van der Waals surface area contributed by atoms with Crippen LogP contribution in [0.4, 0.5) is 0 Å². The average molecular weight is 445 g/mol. The molecule has 0 radical (unpaired) electrons. The first-order chi connectivity index (χ1) is 15.4. The standard InChI is InChI=1S/C24H20N4O3S/c1-14-12-21(31-15(14)2)23(30)27-28-24(32)26-22(29)18-13-20(16-8-4-3-5-9-16)25-19-11-7-6-10-17(18)19/h3-13H,1-2H3,(H,27,30)(H2,26,28,29,32). The van der Waals surface area contributed by atoms with Crippen molar-refractivity contribution in [3.05, 3.63) is 89.4 Å². The molecule has 0 unspecified atom stereocenters. The van der Waals surface area contributed by atoms with Gasteiger partial charge in [-0.3, -0.25) is 25.8 Å². The summed E-state index contributed by atoms with van der Waals surface area (Å²) in [6.07, 6.45) is 0. The number of hydrogen-bond donors (Lipinski definition) is 3. The molecular formula is C24H20N4O3S. The highest BCUT2D eigenvalue weighted by Gasteiger charge is 2.16. The van der Waals surface area contributed by atoms with Crippen molar-refractivity contribution < 1.29 is 14.0 Å². The van der Waals surface area contributed by atoms with Crippen LogP contribution in [0.1, 0.15) is 32.2 Å². The van der Waals surface area contributed by atoms with Crippen molar-refractivity contribution in [2.45, 2.75) is 13.8 Å². The number of aryl methyl sites for hydroxylation is 2. The molecule has 0 bridgehead atoms. The summed E-state index contributed by atoms with van der Waals surface area (Å²) in [6.45, 7) is 3.61. The van der Waals surface area contributed by atoms with Gasteiger partial charge in [0.05, 0.1) is 16.8 Å². The number of hydrazine groups is 1. The van der Waals surface area contributed by atoms with Gasteiger partial charge in [0, 0.05) is 10.9 Å². The zero-order chi connectivity index (χ0) is 22.7. The Kier molecular flexibility index (Phi) is 5.96. The number of fused-ring (bicyclic) bond motifs is 1. The highest BCUT2D eigenvalue weighted by molar-refractivity contribution is 7.80. The third-order valence-electron chi connectivity index (χ3n) is 4.94. The Hall–Kier alpha value is -4.04. The van der Waals surface area contributed by atoms with Crippen LogP contribution in [0.2, 0.25) is 0 Å². The van der Waals surface area contributed by atoms with Crippen molar-refractivity contribution in [1.29, 1.82) is 0 Å². The highest BCUT2D eigenvalue weighted by Crippen LogP contribution is 2.24. The van der Waals surface area contributed by atoms with Gasteiger partial charge in [-0.25, -0.2) is 4.98 Å². The van der Waals surface area contributed by atoms with Gasteiger partial charge in [-0.15, -0.1) is 0 Å². The first kappa shape index (κ1) is 21.2. The molecule has 0 atom stereocenters. The van der Waals surface area contributed by atoms with E-state index in [2.05, 4.69) is 21.2 Å². The molecule has 2 aromatic heterocycles. The number of benzene rings is 2. The van der Waals surface area contributed by atoms with Gasteiger partial charge in [0.15, 0.2) is 10.9 Å². The molecule has 2 aromatic carbocycles. The van der Waals surface area contributed by atoms with Crippen molar-refractivity contribution >= 4 is 40.0 Å². The molecular weight excluding hydrogens is 424 g/mol. The average Bonchev–Trinajstić information content (AvgIpc) is 3.15. The molecule has 7 nitrogen and oxygen atoms in total. The summed E-state index contributed by atoms with van der Waals surface area (Å²) in [6, 6.07) is 20.3. The lowest BCUT2D eigenvalue weighted by atomic mass is 10.0. The van der Waals surface area contributed by atoms with E-state index >= 15 is 0 Å². The van der Waals surface area contributed by atoms with E-state index in [0.29, 0.717) is 27.9 Å². The van der Waals surface area contributed by atoms with Crippen LogP contribution in [0.25, 0.3) is 22.2 Å². The summed E-state index contributed by atoms with van der Waals surface area (Å²) < 4.78 is 5.37. The van der Waals surface area contributed by atoms with E-state index in [1.54, 1.807) is 19.1 Å². The fraction of sp³-hybridized carbons (Fsp3) is 0.0833. The second-order valence-corrected chi connectivity index (χ2v) is 7.56. The van der Waals surface area contributed by atoms with Gasteiger partial charge < -0.3 is 4.42 Å². The van der Waals surface area contributed by atoms with Crippen LogP contribution in [0.5, 0.6) is 0 Å². The predicted octanol–water partition coefficient (Wildman–Crippen LogP) is 4.06. The summed E-state index contributed by atoms with van der Waals surface area (Å²) in [5.74, 6) is -0.116. The van der Waals surface area contributed by atoms with E-state index in [1.807, 2.05) is 61.5 Å². The summed E-state index contributed by atoms with van der Waals surface area (Å²) in [5, 5.41) is 3.24. The monoisotopic (exact) mass is 444 g/mol. The summed E-state index contributed by atoms with van der Waals surface area (Å²) in [7, 11) is 0. The fourth-order valence-corrected chi connectivity index (χ4v) is 3.33. The molecule has 0 aliphatic rings. The lowest BCUT2D eigenvalue weighted by Crippen LogP contribution is -2.48. The number of nitrogens with zero attached hydrogens (tertiary/aromatic N) is 1. The molecule has 160 valence electrons. The van der Waals surface area contributed by atoms with Crippen molar-refractivity contribution in [3.8, 4) is 11.3 Å². The van der Waals surface area contributed by atoms with Crippen LogP contribution >= 0.6 is 12.2 Å². The maximum atomic E-state index is 13.0. The Morgan fingerprint density at radius 1 is 0.906 bits per heavy atom. The molecule has 8 heteroatoms. The maximum Gasteiger partial charge on any atom is 0.305 e. The van der Waals surface area contributed by atoms with Crippen LogP contribution in [-0.4, -0.2) is 21.9 Å². The van der Waals surface area contributed by atoms with E-state index < -0.39 is 11.8 Å². The number of furan rings is 1. The second-order valence-electron chi connectivity index (χ2n) is 7.15. The molecule has 0 fully saturated rings. The first-order valence-electron chi connectivity index (χ1n) is 9.86. The smallest absolute Gasteiger partial charge is 0.305 e. The normalized spacial score (nSPS) is 10.6. The third-order valence-corrected chi connectivity index (χ3v) is 5.14. The number of pyridine rings is 1. The highest BCUT2D eigenvalue weighted by atomic mass is 32.1. The fourth-order valence-electron chi connectivity index (χ4n) is 3.18. The molecule has 4 aromatic rings. The molecule has 0 saturated carbocycles. The van der Waals surface area contributed by atoms with Crippen LogP contribution in [0, 0.1) is 13.8 Å². The topological polar surface area (TPSA) is 96.3 Å². The zero-order valence-corrected chi connectivity index (χ0v) is 18.2. The van der Waals surface area contributed by atoms with Crippen molar-refractivity contribution in [3.63, 3.8) is 0 Å². The van der Waals surface area contributed by atoms with Crippen LogP contribution < -0.4 is 16.2 Å². The van der Waals surface area contributed by atoms with Crippen LogP contribution in [0.15, 0.2) is 71.1 Å². The van der Waals surface area contributed by atoms with Crippen molar-refractivity contribution in [1.82, 2.24) is 21.2 Å². The molecule has 2 amide bonds. The minimum atomic E-state index is -0.501. The van der Waals surface area contributed by atoms with E-state index in [4.69, 9.17) is 16.6 Å². The molecule has 32 heavy (non-hydrogen) atoms. The number of carbonyl (C=O) groups is 2. The van der Waals surface area contributed by atoms with E-state index in [1.165, 1.54) is 0 Å². The summed E-state index contributed by atoms with van der Waals surface area (Å²) in [5.41, 5.74) is 8.49. The van der Waals surface area contributed by atoms with Gasteiger partial charge >= 0.3 is 5.91 Å². The quantitative estimate of drug-likeness (QED) is 0.326. The number of rotatable bonds is 3. The lowest BCUT2D eigenvalue weighted by Gasteiger charge is -2.12. The molecule has 3 N–H and O–H groups in total. The number of amides is 2. The molecule has 0 aliphatic heterocycles. The van der Waals surface area contributed by atoms with Gasteiger partial charge in [0.1, 0.15) is 5.76 Å². The number of hydrogen-bond acceptors (Lipinski definition) is 5. The number of carbonyl (C=O) groups excluding carboxylic acids is 2. The SMILES string of the molecule is Cc1cc(C(=O)NNC(=S)NC(=O)c2cc(-c3ccccc3)nc3ccccc23)oc1C. The minimum Gasteiger partial charge on any atom is -0.456 e. The van der Waals surface area contributed by atoms with Crippen LogP contribution in [0.3, 0.4) is 0 Å². The Balaban J connectivity index is 1.51. The summed E-state index contributed by atoms with van der Waals surface area (Å²) in [4.78, 5) is 29.9. The lowest BCUT2D eigenvalue weighted by molar-refractivity contribution is 0.0909. The van der Waals surface area contributed by atoms with E-state index in [9.17, 15) is 9.59 Å². The maximum absolute atomic E-state index is 13.0. The number of thiocarbonyl (C=S) groups is 1. The Bertz CT molecular complexity index is 1310. The molecule has 0 saturated heterocycles. The second kappa shape index (κ2) is 8.99. The predicted molar refractivity (Wildman–Crippen MR) is 126 cm³/mol. The van der Waals surface area contributed by atoms with Gasteiger partial charge in [-0.1, -0.05) is 48.5 Å². The number of nitrogens with one attached hydrogen (secondary N) is 3. The Morgan fingerprint density at radius 2 is 1.62 bits per heavy atom. The zero-order valence-electron chi connectivity index (χ0n) is 17.4. The van der Waals surface area contributed by atoms with E-state index in [0.717, 1.165) is 11.1 Å². The van der Waals surface area contributed by atoms with Crippen LogP contribution in [-0.2, 0) is 0 Å². The summed E-state index contributed by atoms with van der Waals surface area (Å²) >= 11 is 5.17. The van der Waals surface area contributed by atoms with Gasteiger partial charge in [-0.05, 0) is 49.8 Å². The Labute approximate surface area is 189 Å². The van der Waals surface area contributed by atoms with Crippen molar-refractivity contribution in [2.24, 2.45) is 0 Å².